The van der Waals surface area contributed by atoms with Gasteiger partial charge in [-0.1, -0.05) is 23.7 Å². The van der Waals surface area contributed by atoms with E-state index in [2.05, 4.69) is 10.6 Å². The lowest BCUT2D eigenvalue weighted by Gasteiger charge is -2.19. The summed E-state index contributed by atoms with van der Waals surface area (Å²) in [7, 11) is 1.56. The van der Waals surface area contributed by atoms with Crippen molar-refractivity contribution in [2.24, 2.45) is 0 Å². The summed E-state index contributed by atoms with van der Waals surface area (Å²) in [5, 5.41) is 6.01. The topological polar surface area (TPSA) is 72.4 Å². The number of halogens is 1. The number of benzene rings is 1. The van der Waals surface area contributed by atoms with Crippen LogP contribution in [0.2, 0.25) is 5.02 Å². The van der Waals surface area contributed by atoms with Crippen LogP contribution in [0.1, 0.15) is 18.5 Å². The summed E-state index contributed by atoms with van der Waals surface area (Å²) in [6, 6.07) is 9.58. The van der Waals surface area contributed by atoms with Crippen LogP contribution in [0.15, 0.2) is 47.4 Å². The monoisotopic (exact) mass is 349 g/mol. The molecule has 128 valence electrons. The molecule has 0 saturated heterocycles. The molecule has 1 unspecified atom stereocenters. The van der Waals surface area contributed by atoms with Gasteiger partial charge in [-0.2, -0.15) is 0 Å². The molecule has 1 aromatic carbocycles. The molecule has 0 spiro atoms. The minimum atomic E-state index is -0.474. The number of hydrogen-bond donors (Lipinski definition) is 2. The lowest BCUT2D eigenvalue weighted by molar-refractivity contribution is 0.168. The Morgan fingerprint density at radius 3 is 2.62 bits per heavy atom. The Hall–Kier alpha value is -2.31. The largest absolute Gasteiger partial charge is 0.382 e. The average Bonchev–Trinajstić information content (AvgIpc) is 2.57. The van der Waals surface area contributed by atoms with Gasteiger partial charge in [0.2, 0.25) is 0 Å². The first-order chi connectivity index (χ1) is 11.5. The van der Waals surface area contributed by atoms with Crippen molar-refractivity contribution in [1.82, 2.24) is 9.88 Å². The Bertz CT molecular complexity index is 743. The quantitative estimate of drug-likeness (QED) is 0.842. The van der Waals surface area contributed by atoms with E-state index >= 15 is 0 Å². The highest BCUT2D eigenvalue weighted by molar-refractivity contribution is 6.30. The number of aryl methyl sites for hydroxylation is 1. The Balaban J connectivity index is 2.11. The standard InChI is InChI=1S/C17H20ClN3O3/c1-3-21-10-4-5-14(16(21)22)19-17(23)20-15(11-24-2)12-6-8-13(18)9-7-12/h4-10,15H,3,11H2,1-2H3,(H2,19,20,23). The molecule has 2 aromatic rings. The molecule has 1 heterocycles. The van der Waals surface area contributed by atoms with Crippen LogP contribution in [-0.2, 0) is 11.3 Å². The molecule has 0 aliphatic heterocycles. The predicted octanol–water partition coefficient (Wildman–Crippen LogP) is 3.03. The van der Waals surface area contributed by atoms with Gasteiger partial charge in [0.05, 0.1) is 12.6 Å². The molecule has 0 aliphatic rings. The van der Waals surface area contributed by atoms with Crippen molar-refractivity contribution >= 4 is 23.3 Å². The second-order valence-electron chi connectivity index (χ2n) is 5.17. The second kappa shape index (κ2) is 8.52. The van der Waals surface area contributed by atoms with Gasteiger partial charge in [0.25, 0.3) is 5.56 Å². The third-order valence-electron chi connectivity index (χ3n) is 3.52. The molecule has 2 amide bonds. The number of hydrogen-bond acceptors (Lipinski definition) is 3. The Kier molecular flexibility index (Phi) is 6.40. The van der Waals surface area contributed by atoms with Gasteiger partial charge >= 0.3 is 6.03 Å². The number of methoxy groups -OCH3 is 1. The number of rotatable bonds is 6. The molecule has 0 aliphatic carbocycles. The fourth-order valence-electron chi connectivity index (χ4n) is 2.28. The number of anilines is 1. The maximum Gasteiger partial charge on any atom is 0.319 e. The number of urea groups is 1. The average molecular weight is 350 g/mol. The summed E-state index contributed by atoms with van der Waals surface area (Å²) in [5.41, 5.74) is 0.837. The fourth-order valence-corrected chi connectivity index (χ4v) is 2.41. The third-order valence-corrected chi connectivity index (χ3v) is 3.77. The molecule has 2 rings (SSSR count). The van der Waals surface area contributed by atoms with Crippen molar-refractivity contribution in [2.75, 3.05) is 19.0 Å². The van der Waals surface area contributed by atoms with Gasteiger partial charge in [0, 0.05) is 24.9 Å². The summed E-state index contributed by atoms with van der Waals surface area (Å²) < 4.78 is 6.67. The van der Waals surface area contributed by atoms with Gasteiger partial charge in [-0.3, -0.25) is 4.79 Å². The first-order valence-electron chi connectivity index (χ1n) is 7.56. The highest BCUT2D eigenvalue weighted by Gasteiger charge is 2.15. The summed E-state index contributed by atoms with van der Waals surface area (Å²) in [6.45, 7) is 2.69. The van der Waals surface area contributed by atoms with Crippen molar-refractivity contribution in [3.8, 4) is 0 Å². The van der Waals surface area contributed by atoms with Gasteiger partial charge in [-0.25, -0.2) is 4.79 Å². The van der Waals surface area contributed by atoms with E-state index in [1.54, 1.807) is 37.6 Å². The number of nitrogens with zero attached hydrogens (tertiary/aromatic N) is 1. The van der Waals surface area contributed by atoms with Crippen LogP contribution in [0.3, 0.4) is 0 Å². The van der Waals surface area contributed by atoms with E-state index in [4.69, 9.17) is 16.3 Å². The molecule has 0 saturated carbocycles. The summed E-state index contributed by atoms with van der Waals surface area (Å²) in [4.78, 5) is 24.4. The van der Waals surface area contributed by atoms with E-state index in [0.29, 0.717) is 18.2 Å². The molecule has 2 N–H and O–H groups in total. The molecule has 6 nitrogen and oxygen atoms in total. The molecule has 0 bridgehead atoms. The van der Waals surface area contributed by atoms with Gasteiger partial charge in [-0.05, 0) is 36.8 Å². The minimum absolute atomic E-state index is 0.226. The molecule has 1 aromatic heterocycles. The van der Waals surface area contributed by atoms with Crippen molar-refractivity contribution in [3.63, 3.8) is 0 Å². The van der Waals surface area contributed by atoms with E-state index in [1.165, 1.54) is 4.57 Å². The van der Waals surface area contributed by atoms with Gasteiger partial charge in [-0.15, -0.1) is 0 Å². The van der Waals surface area contributed by atoms with Gasteiger partial charge < -0.3 is 19.9 Å². The zero-order chi connectivity index (χ0) is 17.5. The highest BCUT2D eigenvalue weighted by atomic mass is 35.5. The van der Waals surface area contributed by atoms with Crippen molar-refractivity contribution in [2.45, 2.75) is 19.5 Å². The SMILES string of the molecule is CCn1cccc(NC(=O)NC(COC)c2ccc(Cl)cc2)c1=O. The van der Waals surface area contributed by atoms with Crippen molar-refractivity contribution < 1.29 is 9.53 Å². The zero-order valence-corrected chi connectivity index (χ0v) is 14.3. The van der Waals surface area contributed by atoms with Crippen molar-refractivity contribution in [1.29, 1.82) is 0 Å². The summed E-state index contributed by atoms with van der Waals surface area (Å²) in [6.07, 6.45) is 1.67. The van der Waals surface area contributed by atoms with Crippen LogP contribution >= 0.6 is 11.6 Å². The Morgan fingerprint density at radius 2 is 2.00 bits per heavy atom. The van der Waals surface area contributed by atoms with Crippen LogP contribution < -0.4 is 16.2 Å². The maximum absolute atomic E-state index is 12.2. The number of ether oxygens (including phenoxy) is 1. The summed E-state index contributed by atoms with van der Waals surface area (Å²) in [5.74, 6) is 0. The smallest absolute Gasteiger partial charge is 0.319 e. The second-order valence-corrected chi connectivity index (χ2v) is 5.61. The van der Waals surface area contributed by atoms with Crippen LogP contribution in [-0.4, -0.2) is 24.3 Å². The van der Waals surface area contributed by atoms with E-state index < -0.39 is 6.03 Å². The van der Waals surface area contributed by atoms with E-state index in [-0.39, 0.29) is 17.3 Å². The molecular weight excluding hydrogens is 330 g/mol. The molecule has 24 heavy (non-hydrogen) atoms. The normalized spacial score (nSPS) is 11.8. The first kappa shape index (κ1) is 18.0. The van der Waals surface area contributed by atoms with Gasteiger partial charge in [0.15, 0.2) is 0 Å². The molecule has 0 radical (unpaired) electrons. The predicted molar refractivity (Wildman–Crippen MR) is 94.6 cm³/mol. The third kappa shape index (κ3) is 4.59. The lowest BCUT2D eigenvalue weighted by atomic mass is 10.1. The molecule has 0 fully saturated rings. The number of nitrogens with one attached hydrogen (secondary N) is 2. The van der Waals surface area contributed by atoms with Crippen molar-refractivity contribution in [3.05, 3.63) is 63.5 Å². The van der Waals surface area contributed by atoms with Crippen LogP contribution in [0.4, 0.5) is 10.5 Å². The van der Waals surface area contributed by atoms with Gasteiger partial charge in [0.1, 0.15) is 5.69 Å². The first-order valence-corrected chi connectivity index (χ1v) is 7.94. The molecule has 7 heteroatoms. The van der Waals surface area contributed by atoms with Crippen LogP contribution in [0, 0.1) is 0 Å². The fraction of sp³-hybridized carbons (Fsp3) is 0.294. The number of aromatic nitrogens is 1. The van der Waals surface area contributed by atoms with E-state index in [0.717, 1.165) is 5.56 Å². The van der Waals surface area contributed by atoms with Crippen LogP contribution in [0.25, 0.3) is 0 Å². The molecule has 1 atom stereocenters. The maximum atomic E-state index is 12.2. The highest BCUT2D eigenvalue weighted by Crippen LogP contribution is 2.17. The number of pyridine rings is 1. The van der Waals surface area contributed by atoms with E-state index in [1.807, 2.05) is 19.1 Å². The van der Waals surface area contributed by atoms with Crippen LogP contribution in [0.5, 0.6) is 0 Å². The molecular formula is C17H20ClN3O3. The number of amides is 2. The summed E-state index contributed by atoms with van der Waals surface area (Å²) >= 11 is 5.88. The Labute approximate surface area is 145 Å². The zero-order valence-electron chi connectivity index (χ0n) is 13.6. The lowest BCUT2D eigenvalue weighted by Crippen LogP contribution is -2.36. The number of carbonyl (C=O) groups is 1. The minimum Gasteiger partial charge on any atom is -0.382 e. The Morgan fingerprint density at radius 1 is 1.29 bits per heavy atom. The number of carbonyl (C=O) groups excluding carboxylic acids is 1. The van der Waals surface area contributed by atoms with E-state index in [9.17, 15) is 9.59 Å².